The van der Waals surface area contributed by atoms with Crippen molar-refractivity contribution in [3.8, 4) is 0 Å². The van der Waals surface area contributed by atoms with Crippen molar-refractivity contribution in [1.29, 1.82) is 0 Å². The molecule has 0 unspecified atom stereocenters. The van der Waals surface area contributed by atoms with Gasteiger partial charge in [0.25, 0.3) is 5.91 Å². The number of methoxy groups -OCH3 is 1. The van der Waals surface area contributed by atoms with E-state index in [1.54, 1.807) is 0 Å². The Labute approximate surface area is 146 Å². The van der Waals surface area contributed by atoms with Crippen molar-refractivity contribution < 1.29 is 36.3 Å². The maximum absolute atomic E-state index is 13.2. The van der Waals surface area contributed by atoms with Gasteiger partial charge in [-0.25, -0.2) is 13.6 Å². The van der Waals surface area contributed by atoms with Gasteiger partial charge in [0.2, 0.25) is 0 Å². The Hall–Kier alpha value is -2.76. The zero-order valence-corrected chi connectivity index (χ0v) is 13.5. The van der Waals surface area contributed by atoms with Crippen molar-refractivity contribution in [3.63, 3.8) is 0 Å². The van der Waals surface area contributed by atoms with Gasteiger partial charge in [0.15, 0.2) is 16.8 Å². The number of amides is 1. The van der Waals surface area contributed by atoms with Crippen LogP contribution in [0.1, 0.15) is 11.1 Å². The van der Waals surface area contributed by atoms with Gasteiger partial charge in [-0.15, -0.1) is 5.10 Å². The highest BCUT2D eigenvalue weighted by Gasteiger charge is 2.34. The van der Waals surface area contributed by atoms with E-state index in [0.29, 0.717) is 24.0 Å². The van der Waals surface area contributed by atoms with E-state index >= 15 is 0 Å². The molecule has 0 bridgehead atoms. The number of ether oxygens (including phenoxy) is 1. The van der Waals surface area contributed by atoms with Gasteiger partial charge in [-0.05, 0) is 23.9 Å². The zero-order valence-electron chi connectivity index (χ0n) is 12.7. The van der Waals surface area contributed by atoms with Gasteiger partial charge in [-0.2, -0.15) is 18.3 Å². The third-order valence-corrected chi connectivity index (χ3v) is 3.74. The molecule has 1 fully saturated rings. The van der Waals surface area contributed by atoms with E-state index in [4.69, 9.17) is 0 Å². The Balaban J connectivity index is 2.25. The number of hydrogen-bond donors (Lipinski definition) is 1. The highest BCUT2D eigenvalue weighted by Crippen LogP contribution is 2.32. The Morgan fingerprint density at radius 3 is 2.54 bits per heavy atom. The highest BCUT2D eigenvalue weighted by atomic mass is 32.2. The number of carbonyl (C=O) groups excluding carboxylic acids is 2. The number of benzene rings is 1. The molecule has 1 saturated heterocycles. The molecule has 6 nitrogen and oxygen atoms in total. The maximum Gasteiger partial charge on any atom is 0.417 e. The van der Waals surface area contributed by atoms with Gasteiger partial charge in [0.1, 0.15) is 0 Å². The van der Waals surface area contributed by atoms with Crippen molar-refractivity contribution in [2.45, 2.75) is 6.18 Å². The van der Waals surface area contributed by atoms with E-state index in [2.05, 4.69) is 20.3 Å². The quantitative estimate of drug-likeness (QED) is 0.282. The second-order valence-electron chi connectivity index (χ2n) is 4.59. The van der Waals surface area contributed by atoms with Crippen LogP contribution in [-0.4, -0.2) is 30.4 Å². The second kappa shape index (κ2) is 7.64. The molecule has 0 atom stereocenters. The van der Waals surface area contributed by atoms with Crippen LogP contribution in [0.4, 0.5) is 22.0 Å². The van der Waals surface area contributed by atoms with Crippen molar-refractivity contribution in [3.05, 3.63) is 45.9 Å². The largest absolute Gasteiger partial charge is 0.466 e. The number of carbonyl (C=O) groups is 2. The molecule has 12 heteroatoms. The van der Waals surface area contributed by atoms with E-state index < -0.39 is 40.8 Å². The Kier molecular flexibility index (Phi) is 5.75. The number of esters is 1. The topological polar surface area (TPSA) is 80.1 Å². The molecule has 0 aliphatic carbocycles. The summed E-state index contributed by atoms with van der Waals surface area (Å²) in [7, 11) is 1.11. The number of thioether (sulfide) groups is 1. The lowest BCUT2D eigenvalue weighted by Gasteiger charge is -2.10. The van der Waals surface area contributed by atoms with Crippen LogP contribution in [-0.2, 0) is 20.5 Å². The van der Waals surface area contributed by atoms with E-state index in [0.717, 1.165) is 13.2 Å². The number of amidine groups is 1. The van der Waals surface area contributed by atoms with Crippen LogP contribution in [0.3, 0.4) is 0 Å². The first-order chi connectivity index (χ1) is 12.1. The van der Waals surface area contributed by atoms with E-state index in [-0.39, 0.29) is 16.1 Å². The number of halogens is 5. The third kappa shape index (κ3) is 4.65. The summed E-state index contributed by atoms with van der Waals surface area (Å²) in [5.41, 5.74) is -2.19. The summed E-state index contributed by atoms with van der Waals surface area (Å²) < 4.78 is 69.1. The van der Waals surface area contributed by atoms with Gasteiger partial charge in [0, 0.05) is 11.6 Å². The molecule has 0 aromatic heterocycles. The fourth-order valence-corrected chi connectivity index (χ4v) is 2.44. The standard InChI is InChI=1S/C14H8F5N3O3S/c1-25-11(23)4-10-12(24)21-13(26-10)22-20-5-6-2-8(15)9(16)3-7(6)14(17,18)19/h2-5H,1H3,(H,21,22,24)/b10-4+,20-5?. The lowest BCUT2D eigenvalue weighted by molar-refractivity contribution is -0.138. The van der Waals surface area contributed by atoms with Crippen molar-refractivity contribution in [2.75, 3.05) is 7.11 Å². The monoisotopic (exact) mass is 393 g/mol. The van der Waals surface area contributed by atoms with Crippen molar-refractivity contribution in [1.82, 2.24) is 5.32 Å². The van der Waals surface area contributed by atoms with Gasteiger partial charge in [-0.3, -0.25) is 10.1 Å². The van der Waals surface area contributed by atoms with Crippen LogP contribution in [0.5, 0.6) is 0 Å². The molecule has 0 radical (unpaired) electrons. The lowest BCUT2D eigenvalue weighted by Crippen LogP contribution is -2.19. The molecular formula is C14H8F5N3O3S. The van der Waals surface area contributed by atoms with E-state index in [1.807, 2.05) is 0 Å². The van der Waals surface area contributed by atoms with Crippen molar-refractivity contribution in [2.24, 2.45) is 10.2 Å². The molecule has 1 aromatic rings. The first kappa shape index (κ1) is 19.6. The van der Waals surface area contributed by atoms with Gasteiger partial charge >= 0.3 is 12.1 Å². The summed E-state index contributed by atoms with van der Waals surface area (Å²) >= 11 is 0.693. The number of rotatable bonds is 3. The lowest BCUT2D eigenvalue weighted by atomic mass is 10.1. The molecule has 1 aliphatic rings. The normalized spacial score (nSPS) is 18.0. The maximum atomic E-state index is 13.2. The summed E-state index contributed by atoms with van der Waals surface area (Å²) in [5.74, 6) is -4.61. The molecule has 138 valence electrons. The number of hydrogen-bond acceptors (Lipinski definition) is 6. The van der Waals surface area contributed by atoms with E-state index in [9.17, 15) is 31.5 Å². The summed E-state index contributed by atoms with van der Waals surface area (Å²) in [6, 6.07) is 0.331. The molecule has 1 aliphatic heterocycles. The minimum absolute atomic E-state index is 0.00707. The Bertz CT molecular complexity index is 849. The highest BCUT2D eigenvalue weighted by molar-refractivity contribution is 8.18. The second-order valence-corrected chi connectivity index (χ2v) is 5.62. The fourth-order valence-electron chi connectivity index (χ4n) is 1.70. The molecule has 0 saturated carbocycles. The predicted octanol–water partition coefficient (Wildman–Crippen LogP) is 2.59. The number of nitrogens with zero attached hydrogens (tertiary/aromatic N) is 2. The minimum atomic E-state index is -4.93. The third-order valence-electron chi connectivity index (χ3n) is 2.84. The summed E-state index contributed by atoms with van der Waals surface area (Å²) in [6.07, 6.45) is -3.48. The van der Waals surface area contributed by atoms with Crippen LogP contribution < -0.4 is 5.32 Å². The summed E-state index contributed by atoms with van der Waals surface area (Å²) in [4.78, 5) is 22.6. The first-order valence-corrected chi connectivity index (χ1v) is 7.39. The fraction of sp³-hybridized carbons (Fsp3) is 0.143. The van der Waals surface area contributed by atoms with Crippen LogP contribution >= 0.6 is 11.8 Å². The molecule has 2 rings (SSSR count). The molecule has 26 heavy (non-hydrogen) atoms. The van der Waals surface area contributed by atoms with Gasteiger partial charge in [0.05, 0.1) is 23.8 Å². The molecule has 1 N–H and O–H groups in total. The van der Waals surface area contributed by atoms with Crippen LogP contribution in [0.15, 0.2) is 33.3 Å². The summed E-state index contributed by atoms with van der Waals surface area (Å²) in [6.45, 7) is 0. The minimum Gasteiger partial charge on any atom is -0.466 e. The molecule has 1 aromatic carbocycles. The van der Waals surface area contributed by atoms with Crippen LogP contribution in [0.25, 0.3) is 0 Å². The zero-order chi connectivity index (χ0) is 19.5. The molecule has 0 spiro atoms. The number of alkyl halides is 3. The molecule has 1 heterocycles. The Morgan fingerprint density at radius 1 is 1.27 bits per heavy atom. The smallest absolute Gasteiger partial charge is 0.417 e. The van der Waals surface area contributed by atoms with E-state index in [1.165, 1.54) is 0 Å². The van der Waals surface area contributed by atoms with Gasteiger partial charge in [-0.1, -0.05) is 0 Å². The molecular weight excluding hydrogens is 385 g/mol. The predicted molar refractivity (Wildman–Crippen MR) is 82.2 cm³/mol. The summed E-state index contributed by atoms with van der Waals surface area (Å²) in [5, 5.41) is 8.89. The van der Waals surface area contributed by atoms with Crippen LogP contribution in [0, 0.1) is 11.6 Å². The SMILES string of the molecule is COC(=O)/C=C1/S/C(=N\N=Cc2cc(F)c(F)cc2C(F)(F)F)NC1=O. The van der Waals surface area contributed by atoms with Crippen molar-refractivity contribution >= 4 is 35.0 Å². The van der Waals surface area contributed by atoms with Gasteiger partial charge < -0.3 is 4.74 Å². The first-order valence-electron chi connectivity index (χ1n) is 6.58. The number of nitrogens with one attached hydrogen (secondary N) is 1. The average Bonchev–Trinajstić information content (AvgIpc) is 2.89. The Morgan fingerprint density at radius 2 is 1.92 bits per heavy atom. The van der Waals surface area contributed by atoms with Crippen LogP contribution in [0.2, 0.25) is 0 Å². The molecule has 1 amide bonds. The average molecular weight is 393 g/mol.